The topological polar surface area (TPSA) is 29.3 Å². The van der Waals surface area contributed by atoms with Crippen molar-refractivity contribution in [1.29, 1.82) is 0 Å². The lowest BCUT2D eigenvalue weighted by molar-refractivity contribution is 0.255. The summed E-state index contributed by atoms with van der Waals surface area (Å²) >= 11 is 0. The van der Waals surface area contributed by atoms with Crippen LogP contribution < -0.4 is 5.73 Å². The molecule has 0 spiro atoms. The fourth-order valence-corrected chi connectivity index (χ4v) is 3.49. The maximum atomic E-state index is 5.50. The van der Waals surface area contributed by atoms with Gasteiger partial charge in [-0.1, -0.05) is 49.6 Å². The van der Waals surface area contributed by atoms with E-state index in [1.54, 1.807) is 0 Å². The maximum Gasteiger partial charge on any atom is -0.00159 e. The second-order valence-corrected chi connectivity index (χ2v) is 6.73. The molecule has 134 valence electrons. The summed E-state index contributed by atoms with van der Waals surface area (Å²) in [7, 11) is 2.21. The summed E-state index contributed by atoms with van der Waals surface area (Å²) in [6.07, 6.45) is 9.69. The summed E-state index contributed by atoms with van der Waals surface area (Å²) in [4.78, 5) is 2.42. The van der Waals surface area contributed by atoms with E-state index in [2.05, 4.69) is 42.3 Å². The summed E-state index contributed by atoms with van der Waals surface area (Å²) in [5.74, 6) is 1.67. The zero-order valence-electron chi connectivity index (χ0n) is 14.5. The van der Waals surface area contributed by atoms with Crippen LogP contribution in [0.5, 0.6) is 0 Å². The predicted octanol–water partition coefficient (Wildman–Crippen LogP) is 4.86. The SMILES string of the molecule is CN1CCC(c2ccccc2)CC1.Cl.Cl.NCC1CCCCC1. The van der Waals surface area contributed by atoms with E-state index >= 15 is 0 Å². The highest BCUT2D eigenvalue weighted by molar-refractivity contribution is 5.85. The van der Waals surface area contributed by atoms with Gasteiger partial charge < -0.3 is 10.6 Å². The zero-order valence-corrected chi connectivity index (χ0v) is 16.1. The predicted molar refractivity (Wildman–Crippen MR) is 106 cm³/mol. The number of halogens is 2. The first kappa shape index (κ1) is 22.7. The van der Waals surface area contributed by atoms with Crippen LogP contribution in [0.25, 0.3) is 0 Å². The van der Waals surface area contributed by atoms with Gasteiger partial charge in [0.15, 0.2) is 0 Å². The fourth-order valence-electron chi connectivity index (χ4n) is 3.49. The average molecular weight is 361 g/mol. The number of nitrogens with zero attached hydrogens (tertiary/aromatic N) is 1. The number of piperidine rings is 1. The minimum Gasteiger partial charge on any atom is -0.330 e. The lowest BCUT2D eigenvalue weighted by atomic mass is 9.90. The maximum absolute atomic E-state index is 5.50. The van der Waals surface area contributed by atoms with Gasteiger partial charge in [-0.25, -0.2) is 0 Å². The lowest BCUT2D eigenvalue weighted by Crippen LogP contribution is -2.29. The van der Waals surface area contributed by atoms with Crippen LogP contribution in [0.4, 0.5) is 0 Å². The molecule has 2 aliphatic rings. The Bertz CT molecular complexity index is 372. The lowest BCUT2D eigenvalue weighted by Gasteiger charge is -2.29. The Hall–Kier alpha value is -0.280. The van der Waals surface area contributed by atoms with E-state index in [0.717, 1.165) is 18.4 Å². The van der Waals surface area contributed by atoms with E-state index in [9.17, 15) is 0 Å². The van der Waals surface area contributed by atoms with Crippen molar-refractivity contribution < 1.29 is 0 Å². The molecule has 4 heteroatoms. The molecule has 0 unspecified atom stereocenters. The molecule has 1 aromatic rings. The third-order valence-corrected chi connectivity index (χ3v) is 5.05. The molecule has 2 N–H and O–H groups in total. The molecule has 0 bridgehead atoms. The number of nitrogens with two attached hydrogens (primary N) is 1. The second kappa shape index (κ2) is 13.1. The number of likely N-dealkylation sites (tertiary alicyclic amines) is 1. The molecule has 1 heterocycles. The minimum absolute atomic E-state index is 0. The highest BCUT2D eigenvalue weighted by atomic mass is 35.5. The van der Waals surface area contributed by atoms with Gasteiger partial charge in [-0.2, -0.15) is 0 Å². The fraction of sp³-hybridized carbons (Fsp3) is 0.684. The van der Waals surface area contributed by atoms with Gasteiger partial charge in [-0.15, -0.1) is 24.8 Å². The average Bonchev–Trinajstić information content (AvgIpc) is 2.58. The Kier molecular flexibility index (Phi) is 12.9. The van der Waals surface area contributed by atoms with E-state index in [1.165, 1.54) is 63.6 Å². The number of rotatable bonds is 2. The minimum atomic E-state index is 0. The van der Waals surface area contributed by atoms with Crippen molar-refractivity contribution in [2.45, 2.75) is 50.9 Å². The highest BCUT2D eigenvalue weighted by Crippen LogP contribution is 2.26. The van der Waals surface area contributed by atoms with E-state index in [1.807, 2.05) is 0 Å². The second-order valence-electron chi connectivity index (χ2n) is 6.73. The molecule has 1 aliphatic carbocycles. The van der Waals surface area contributed by atoms with Gasteiger partial charge >= 0.3 is 0 Å². The Morgan fingerprint density at radius 1 is 0.913 bits per heavy atom. The molecule has 1 aromatic carbocycles. The number of benzene rings is 1. The van der Waals surface area contributed by atoms with Gasteiger partial charge in [0.1, 0.15) is 0 Å². The number of hydrogen-bond donors (Lipinski definition) is 1. The Morgan fingerprint density at radius 2 is 1.48 bits per heavy atom. The van der Waals surface area contributed by atoms with Crippen molar-refractivity contribution in [2.75, 3.05) is 26.7 Å². The summed E-state index contributed by atoms with van der Waals surface area (Å²) in [5, 5.41) is 0. The zero-order chi connectivity index (χ0) is 14.9. The quantitative estimate of drug-likeness (QED) is 0.815. The van der Waals surface area contributed by atoms with Crippen molar-refractivity contribution in [1.82, 2.24) is 4.90 Å². The van der Waals surface area contributed by atoms with Gasteiger partial charge in [-0.05, 0) is 69.8 Å². The normalized spacial score (nSPS) is 19.7. The van der Waals surface area contributed by atoms with Crippen molar-refractivity contribution >= 4 is 24.8 Å². The van der Waals surface area contributed by atoms with Crippen LogP contribution >= 0.6 is 24.8 Å². The third kappa shape index (κ3) is 8.39. The van der Waals surface area contributed by atoms with Crippen LogP contribution in [0.15, 0.2) is 30.3 Å². The first-order valence-corrected chi connectivity index (χ1v) is 8.73. The largest absolute Gasteiger partial charge is 0.330 e. The van der Waals surface area contributed by atoms with Gasteiger partial charge in [0, 0.05) is 0 Å². The molecule has 1 aliphatic heterocycles. The summed E-state index contributed by atoms with van der Waals surface area (Å²) < 4.78 is 0. The Morgan fingerprint density at radius 3 is 1.96 bits per heavy atom. The third-order valence-electron chi connectivity index (χ3n) is 5.05. The van der Waals surface area contributed by atoms with E-state index < -0.39 is 0 Å². The molecule has 0 atom stereocenters. The van der Waals surface area contributed by atoms with Gasteiger partial charge in [-0.3, -0.25) is 0 Å². The van der Waals surface area contributed by atoms with Crippen LogP contribution in [0.3, 0.4) is 0 Å². The van der Waals surface area contributed by atoms with Crippen LogP contribution in [-0.4, -0.2) is 31.6 Å². The number of hydrogen-bond acceptors (Lipinski definition) is 2. The van der Waals surface area contributed by atoms with Crippen LogP contribution in [-0.2, 0) is 0 Å². The van der Waals surface area contributed by atoms with Gasteiger partial charge in [0.2, 0.25) is 0 Å². The molecule has 2 fully saturated rings. The molecular formula is C19H34Cl2N2. The first-order chi connectivity index (χ1) is 10.3. The van der Waals surface area contributed by atoms with Gasteiger partial charge in [0.25, 0.3) is 0 Å². The van der Waals surface area contributed by atoms with Crippen LogP contribution in [0, 0.1) is 5.92 Å². The highest BCUT2D eigenvalue weighted by Gasteiger charge is 2.17. The standard InChI is InChI=1S/C12H17N.C7H15N.2ClH/c1-13-9-7-12(8-10-13)11-5-3-2-4-6-11;8-6-7-4-2-1-3-5-7;;/h2-6,12H,7-10H2,1H3;7H,1-6,8H2;2*1H. The molecule has 0 radical (unpaired) electrons. The van der Waals surface area contributed by atoms with E-state index in [0.29, 0.717) is 0 Å². The summed E-state index contributed by atoms with van der Waals surface area (Å²) in [6, 6.07) is 10.9. The van der Waals surface area contributed by atoms with E-state index in [4.69, 9.17) is 5.73 Å². The molecule has 3 rings (SSSR count). The first-order valence-electron chi connectivity index (χ1n) is 8.73. The van der Waals surface area contributed by atoms with Crippen molar-refractivity contribution in [3.05, 3.63) is 35.9 Å². The van der Waals surface area contributed by atoms with Crippen LogP contribution in [0.1, 0.15) is 56.4 Å². The van der Waals surface area contributed by atoms with Gasteiger partial charge in [0.05, 0.1) is 0 Å². The smallest absolute Gasteiger partial charge is 0.00159 e. The van der Waals surface area contributed by atoms with Crippen molar-refractivity contribution in [3.63, 3.8) is 0 Å². The molecule has 1 saturated carbocycles. The van der Waals surface area contributed by atoms with E-state index in [-0.39, 0.29) is 24.8 Å². The molecule has 2 nitrogen and oxygen atoms in total. The van der Waals surface area contributed by atoms with Crippen LogP contribution in [0.2, 0.25) is 0 Å². The summed E-state index contributed by atoms with van der Waals surface area (Å²) in [6.45, 7) is 3.42. The summed E-state index contributed by atoms with van der Waals surface area (Å²) in [5.41, 5.74) is 7.03. The molecule has 0 amide bonds. The Labute approximate surface area is 155 Å². The monoisotopic (exact) mass is 360 g/mol. The van der Waals surface area contributed by atoms with Crippen molar-refractivity contribution in [2.24, 2.45) is 11.7 Å². The molecule has 1 saturated heterocycles. The molecule has 0 aromatic heterocycles. The Balaban J connectivity index is 0.000000425. The molecule has 23 heavy (non-hydrogen) atoms. The van der Waals surface area contributed by atoms with Crippen molar-refractivity contribution in [3.8, 4) is 0 Å². The molecular weight excluding hydrogens is 327 g/mol.